The second kappa shape index (κ2) is 10.6. The highest BCUT2D eigenvalue weighted by atomic mass is 16.5. The van der Waals surface area contributed by atoms with Crippen LogP contribution in [0.25, 0.3) is 0 Å². The van der Waals surface area contributed by atoms with Gasteiger partial charge in [0.05, 0.1) is 24.0 Å². The van der Waals surface area contributed by atoms with Gasteiger partial charge in [-0.1, -0.05) is 37.1 Å². The molecular weight excluding hydrogens is 434 g/mol. The Morgan fingerprint density at radius 1 is 0.912 bits per heavy atom. The largest absolute Gasteiger partial charge is 0.550 e. The summed E-state index contributed by atoms with van der Waals surface area (Å²) < 4.78 is 5.46. The number of nitrogens with zero attached hydrogens (tertiary/aromatic N) is 2. The van der Waals surface area contributed by atoms with E-state index in [1.165, 1.54) is 0 Å². The number of aliphatic carboxylic acids is 1. The van der Waals surface area contributed by atoms with Crippen molar-refractivity contribution in [2.24, 2.45) is 11.8 Å². The molecule has 0 bridgehead atoms. The first kappa shape index (κ1) is 23.6. The number of nitrogens with one attached hydrogen (secondary N) is 1. The molecule has 1 heterocycles. The summed E-state index contributed by atoms with van der Waals surface area (Å²) in [6.07, 6.45) is 2.53. The molecule has 2 atom stereocenters. The van der Waals surface area contributed by atoms with Crippen molar-refractivity contribution in [2.75, 3.05) is 43.5 Å². The first-order valence-electron chi connectivity index (χ1n) is 11.8. The molecule has 2 amide bonds. The van der Waals surface area contributed by atoms with Gasteiger partial charge in [-0.05, 0) is 37.1 Å². The lowest BCUT2D eigenvalue weighted by molar-refractivity contribution is -0.313. The molecule has 8 heteroatoms. The number of carbonyl (C=O) groups is 3. The number of ether oxygens (including phenoxy) is 1. The number of amides is 2. The van der Waals surface area contributed by atoms with Crippen molar-refractivity contribution in [3.8, 4) is 5.75 Å². The Balaban J connectivity index is 1.44. The van der Waals surface area contributed by atoms with Crippen LogP contribution in [-0.2, 0) is 9.59 Å². The standard InChI is InChI=1S/C26H31N3O5/c1-34-23-13-7-6-12-22(23)28-14-16-29(17-15-28)25(31)20-10-4-5-11-21(20)27-24(30)18-8-2-3-9-19(18)26(32)33/h4-7,10-13,18-19H,2-3,8-9,14-17H2,1H3,(H,27,30)(H,32,33)/p-1/t18-,19-/m1/s1. The van der Waals surface area contributed by atoms with E-state index in [2.05, 4.69) is 10.2 Å². The van der Waals surface area contributed by atoms with Crippen LogP contribution in [0, 0.1) is 11.8 Å². The van der Waals surface area contributed by atoms with E-state index in [1.807, 2.05) is 24.3 Å². The molecule has 1 N–H and O–H groups in total. The number of piperazine rings is 1. The topological polar surface area (TPSA) is 102 Å². The van der Waals surface area contributed by atoms with Gasteiger partial charge in [0.2, 0.25) is 5.91 Å². The number of anilines is 2. The van der Waals surface area contributed by atoms with E-state index >= 15 is 0 Å². The zero-order valence-corrected chi connectivity index (χ0v) is 19.4. The average Bonchev–Trinajstić information content (AvgIpc) is 2.88. The van der Waals surface area contributed by atoms with E-state index in [-0.39, 0.29) is 11.8 Å². The van der Waals surface area contributed by atoms with Crippen LogP contribution in [0.2, 0.25) is 0 Å². The molecule has 8 nitrogen and oxygen atoms in total. The summed E-state index contributed by atoms with van der Waals surface area (Å²) in [5, 5.41) is 14.3. The smallest absolute Gasteiger partial charge is 0.256 e. The third-order valence-corrected chi connectivity index (χ3v) is 6.81. The Morgan fingerprint density at radius 2 is 1.56 bits per heavy atom. The SMILES string of the molecule is COc1ccccc1N1CCN(C(=O)c2ccccc2NC(=O)[C@@H]2CCCC[C@H]2C(=O)[O-])CC1. The molecule has 1 saturated heterocycles. The molecule has 2 aromatic carbocycles. The van der Waals surface area contributed by atoms with E-state index in [1.54, 1.807) is 36.3 Å². The number of carbonyl (C=O) groups excluding carboxylic acids is 3. The average molecular weight is 465 g/mol. The number of benzene rings is 2. The predicted molar refractivity (Wildman–Crippen MR) is 127 cm³/mol. The molecular formula is C26H30N3O5-. The highest BCUT2D eigenvalue weighted by molar-refractivity contribution is 6.04. The zero-order valence-electron chi connectivity index (χ0n) is 19.4. The lowest BCUT2D eigenvalue weighted by Gasteiger charge is -2.37. The van der Waals surface area contributed by atoms with E-state index in [4.69, 9.17) is 4.74 Å². The molecule has 2 aliphatic rings. The van der Waals surface area contributed by atoms with Gasteiger partial charge in [-0.3, -0.25) is 9.59 Å². The Bertz CT molecular complexity index is 1050. The molecule has 34 heavy (non-hydrogen) atoms. The maximum absolute atomic E-state index is 13.3. The van der Waals surface area contributed by atoms with Crippen molar-refractivity contribution in [1.82, 2.24) is 4.90 Å². The van der Waals surface area contributed by atoms with Crippen LogP contribution in [0.15, 0.2) is 48.5 Å². The number of methoxy groups -OCH3 is 1. The third kappa shape index (κ3) is 5.00. The van der Waals surface area contributed by atoms with Gasteiger partial charge in [0, 0.05) is 44.0 Å². The molecule has 0 spiro atoms. The van der Waals surface area contributed by atoms with E-state index in [0.717, 1.165) is 24.3 Å². The van der Waals surface area contributed by atoms with Crippen molar-refractivity contribution >= 4 is 29.2 Å². The lowest BCUT2D eigenvalue weighted by Crippen LogP contribution is -2.49. The van der Waals surface area contributed by atoms with E-state index < -0.39 is 17.8 Å². The van der Waals surface area contributed by atoms with Crippen molar-refractivity contribution in [1.29, 1.82) is 0 Å². The Labute approximate surface area is 199 Å². The quantitative estimate of drug-likeness (QED) is 0.703. The lowest BCUT2D eigenvalue weighted by atomic mass is 9.78. The van der Waals surface area contributed by atoms with Gasteiger partial charge in [0.25, 0.3) is 5.91 Å². The minimum atomic E-state index is -1.18. The maximum atomic E-state index is 13.3. The highest BCUT2D eigenvalue weighted by Gasteiger charge is 2.33. The second-order valence-electron chi connectivity index (χ2n) is 8.80. The first-order valence-corrected chi connectivity index (χ1v) is 11.8. The zero-order chi connectivity index (χ0) is 24.1. The van der Waals surface area contributed by atoms with Crippen LogP contribution >= 0.6 is 0 Å². The molecule has 1 saturated carbocycles. The number of hydrogen-bond donors (Lipinski definition) is 1. The fraction of sp³-hybridized carbons (Fsp3) is 0.423. The fourth-order valence-electron chi connectivity index (χ4n) is 4.94. The first-order chi connectivity index (χ1) is 16.5. The number of carboxylic acids is 1. The summed E-state index contributed by atoms with van der Waals surface area (Å²) in [6, 6.07) is 14.7. The van der Waals surface area contributed by atoms with Crippen molar-refractivity contribution < 1.29 is 24.2 Å². The molecule has 1 aliphatic heterocycles. The summed E-state index contributed by atoms with van der Waals surface area (Å²) in [5.41, 5.74) is 1.81. The third-order valence-electron chi connectivity index (χ3n) is 6.81. The van der Waals surface area contributed by atoms with Gasteiger partial charge in [0.15, 0.2) is 0 Å². The molecule has 0 aromatic heterocycles. The summed E-state index contributed by atoms with van der Waals surface area (Å²) in [7, 11) is 1.65. The van der Waals surface area contributed by atoms with Crippen LogP contribution in [-0.4, -0.2) is 56.0 Å². The van der Waals surface area contributed by atoms with Crippen molar-refractivity contribution in [3.63, 3.8) is 0 Å². The minimum absolute atomic E-state index is 0.157. The molecule has 2 fully saturated rings. The fourth-order valence-corrected chi connectivity index (χ4v) is 4.94. The molecule has 4 rings (SSSR count). The number of hydrogen-bond acceptors (Lipinski definition) is 6. The van der Waals surface area contributed by atoms with Crippen LogP contribution in [0.1, 0.15) is 36.0 Å². The molecule has 0 radical (unpaired) electrons. The van der Waals surface area contributed by atoms with Crippen LogP contribution in [0.5, 0.6) is 5.75 Å². The monoisotopic (exact) mass is 464 g/mol. The van der Waals surface area contributed by atoms with Crippen LogP contribution < -0.4 is 20.1 Å². The number of para-hydroxylation sites is 3. The highest BCUT2D eigenvalue weighted by Crippen LogP contribution is 2.32. The van der Waals surface area contributed by atoms with Crippen LogP contribution in [0.3, 0.4) is 0 Å². The normalized spacial score (nSPS) is 20.5. The van der Waals surface area contributed by atoms with Crippen molar-refractivity contribution in [3.05, 3.63) is 54.1 Å². The van der Waals surface area contributed by atoms with Gasteiger partial charge in [-0.15, -0.1) is 0 Å². The second-order valence-corrected chi connectivity index (χ2v) is 8.80. The van der Waals surface area contributed by atoms with Gasteiger partial charge in [-0.25, -0.2) is 0 Å². The summed E-state index contributed by atoms with van der Waals surface area (Å²) >= 11 is 0. The Hall–Kier alpha value is -3.55. The minimum Gasteiger partial charge on any atom is -0.550 e. The van der Waals surface area contributed by atoms with Crippen molar-refractivity contribution in [2.45, 2.75) is 25.7 Å². The van der Waals surface area contributed by atoms with Gasteiger partial charge in [0.1, 0.15) is 5.75 Å². The summed E-state index contributed by atoms with van der Waals surface area (Å²) in [6.45, 7) is 2.40. The summed E-state index contributed by atoms with van der Waals surface area (Å²) in [4.78, 5) is 41.8. The van der Waals surface area contributed by atoms with E-state index in [9.17, 15) is 19.5 Å². The van der Waals surface area contributed by atoms with Crippen LogP contribution in [0.4, 0.5) is 11.4 Å². The van der Waals surface area contributed by atoms with Gasteiger partial charge >= 0.3 is 0 Å². The molecule has 180 valence electrons. The number of rotatable bonds is 6. The maximum Gasteiger partial charge on any atom is 0.256 e. The predicted octanol–water partition coefficient (Wildman–Crippen LogP) is 2.15. The van der Waals surface area contributed by atoms with Gasteiger partial charge < -0.3 is 29.8 Å². The Morgan fingerprint density at radius 3 is 2.26 bits per heavy atom. The molecule has 0 unspecified atom stereocenters. The summed E-state index contributed by atoms with van der Waals surface area (Å²) in [5.74, 6) is -2.35. The molecule has 2 aromatic rings. The van der Waals surface area contributed by atoms with E-state index in [0.29, 0.717) is 50.3 Å². The molecule has 1 aliphatic carbocycles. The Kier molecular flexibility index (Phi) is 7.35. The number of carboxylic acid groups (broad SMARTS) is 1. The van der Waals surface area contributed by atoms with Gasteiger partial charge in [-0.2, -0.15) is 0 Å².